The van der Waals surface area contributed by atoms with E-state index in [9.17, 15) is 9.59 Å². The quantitative estimate of drug-likeness (QED) is 0.411. The molecule has 0 bridgehead atoms. The molecule has 8 heavy (non-hydrogen) atoms. The third-order valence-corrected chi connectivity index (χ3v) is 0.825. The first-order valence-corrected chi connectivity index (χ1v) is 2.52. The maximum atomic E-state index is 10.2. The minimum atomic E-state index is -1.42. The number of carboxylic acids is 1. The predicted octanol–water partition coefficient (Wildman–Crippen LogP) is -0.0416. The van der Waals surface area contributed by atoms with Gasteiger partial charge in [-0.05, 0) is 6.92 Å². The molecule has 3 nitrogen and oxygen atoms in total. The van der Waals surface area contributed by atoms with Crippen LogP contribution in [-0.2, 0) is 9.59 Å². The van der Waals surface area contributed by atoms with Crippen LogP contribution in [0.3, 0.4) is 0 Å². The number of ketones is 1. The van der Waals surface area contributed by atoms with Crippen molar-refractivity contribution in [2.45, 2.75) is 12.2 Å². The first-order chi connectivity index (χ1) is 3.55. The summed E-state index contributed by atoms with van der Waals surface area (Å²) in [5.41, 5.74) is 0. The van der Waals surface area contributed by atoms with E-state index in [1.165, 1.54) is 6.92 Å². The number of hydrogen-bond acceptors (Lipinski definition) is 3. The second kappa shape index (κ2) is 2.71. The van der Waals surface area contributed by atoms with E-state index in [-0.39, 0.29) is 0 Å². The van der Waals surface area contributed by atoms with Crippen LogP contribution in [0.2, 0.25) is 0 Å². The lowest BCUT2D eigenvalue weighted by Gasteiger charge is -1.93. The zero-order valence-electron chi connectivity index (χ0n) is 4.29. The summed E-state index contributed by atoms with van der Waals surface area (Å²) in [5.74, 6) is -2.29. The van der Waals surface area contributed by atoms with E-state index in [4.69, 9.17) is 5.11 Å². The van der Waals surface area contributed by atoms with Crippen molar-refractivity contribution >= 4 is 24.4 Å². The van der Waals surface area contributed by atoms with Gasteiger partial charge in [-0.15, -0.1) is 0 Å². The molecule has 0 saturated carbocycles. The Labute approximate surface area is 52.1 Å². The SMILES string of the molecule is CC(S)C(=O)C(=O)O. The van der Waals surface area contributed by atoms with Crippen molar-refractivity contribution in [1.82, 2.24) is 0 Å². The summed E-state index contributed by atoms with van der Waals surface area (Å²) in [5, 5.41) is 7.25. The number of Topliss-reactive ketones (excluding diaryl/α,β-unsaturated/α-hetero) is 1. The highest BCUT2D eigenvalue weighted by Gasteiger charge is 2.15. The predicted molar refractivity (Wildman–Crippen MR) is 31.1 cm³/mol. The molecule has 0 heterocycles. The molecule has 0 aromatic heterocycles. The van der Waals surface area contributed by atoms with Gasteiger partial charge in [0, 0.05) is 0 Å². The minimum Gasteiger partial charge on any atom is -0.475 e. The van der Waals surface area contributed by atoms with Gasteiger partial charge in [-0.1, -0.05) is 0 Å². The highest BCUT2D eigenvalue weighted by atomic mass is 32.1. The van der Waals surface area contributed by atoms with Crippen LogP contribution < -0.4 is 0 Å². The summed E-state index contributed by atoms with van der Waals surface area (Å²) >= 11 is 3.60. The first kappa shape index (κ1) is 7.49. The standard InChI is InChI=1S/C4H6O3S/c1-2(8)3(5)4(6)7/h2,8H,1H3,(H,6,7). The summed E-state index contributed by atoms with van der Waals surface area (Å²) in [6, 6.07) is 0. The molecule has 0 fully saturated rings. The summed E-state index contributed by atoms with van der Waals surface area (Å²) in [6.07, 6.45) is 0. The van der Waals surface area contributed by atoms with Crippen molar-refractivity contribution < 1.29 is 14.7 Å². The van der Waals surface area contributed by atoms with Crippen molar-refractivity contribution in [2.24, 2.45) is 0 Å². The van der Waals surface area contributed by atoms with Crippen molar-refractivity contribution in [3.05, 3.63) is 0 Å². The van der Waals surface area contributed by atoms with E-state index in [2.05, 4.69) is 12.6 Å². The van der Waals surface area contributed by atoms with Crippen molar-refractivity contribution in [3.63, 3.8) is 0 Å². The maximum Gasteiger partial charge on any atom is 0.373 e. The summed E-state index contributed by atoms with van der Waals surface area (Å²) in [6.45, 7) is 1.42. The van der Waals surface area contributed by atoms with Gasteiger partial charge in [0.25, 0.3) is 5.78 Å². The van der Waals surface area contributed by atoms with E-state index < -0.39 is 17.0 Å². The van der Waals surface area contributed by atoms with Crippen LogP contribution in [0.5, 0.6) is 0 Å². The zero-order chi connectivity index (χ0) is 6.73. The van der Waals surface area contributed by atoms with E-state index in [0.29, 0.717) is 0 Å². The van der Waals surface area contributed by atoms with Gasteiger partial charge in [0.15, 0.2) is 0 Å². The largest absolute Gasteiger partial charge is 0.475 e. The number of thiol groups is 1. The smallest absolute Gasteiger partial charge is 0.373 e. The first-order valence-electron chi connectivity index (χ1n) is 2.01. The molecule has 46 valence electrons. The lowest BCUT2D eigenvalue weighted by molar-refractivity contribution is -0.148. The monoisotopic (exact) mass is 134 g/mol. The lowest BCUT2D eigenvalue weighted by atomic mass is 10.3. The fraction of sp³-hybridized carbons (Fsp3) is 0.500. The molecule has 0 rings (SSSR count). The molecule has 1 N–H and O–H groups in total. The van der Waals surface area contributed by atoms with Crippen LogP contribution in [0.15, 0.2) is 0 Å². The van der Waals surface area contributed by atoms with Gasteiger partial charge in [-0.2, -0.15) is 12.6 Å². The molecule has 0 aromatic carbocycles. The van der Waals surface area contributed by atoms with E-state index >= 15 is 0 Å². The molecule has 0 aliphatic heterocycles. The van der Waals surface area contributed by atoms with Gasteiger partial charge in [0.2, 0.25) is 0 Å². The van der Waals surface area contributed by atoms with Gasteiger partial charge < -0.3 is 5.11 Å². The van der Waals surface area contributed by atoms with Gasteiger partial charge in [-0.3, -0.25) is 4.79 Å². The molecule has 1 atom stereocenters. The maximum absolute atomic E-state index is 10.2. The van der Waals surface area contributed by atoms with Gasteiger partial charge in [-0.25, -0.2) is 4.79 Å². The lowest BCUT2D eigenvalue weighted by Crippen LogP contribution is -2.20. The minimum absolute atomic E-state index is 0.701. The Morgan fingerprint density at radius 3 is 2.00 bits per heavy atom. The summed E-state index contributed by atoms with van der Waals surface area (Å²) < 4.78 is 0. The molecule has 0 aromatic rings. The molecule has 0 radical (unpaired) electrons. The molecular formula is C4H6O3S. The molecule has 0 amide bonds. The Balaban J connectivity index is 3.84. The van der Waals surface area contributed by atoms with E-state index in [1.54, 1.807) is 0 Å². The average molecular weight is 134 g/mol. The molecule has 0 spiro atoms. The van der Waals surface area contributed by atoms with Crippen molar-refractivity contribution in [1.29, 1.82) is 0 Å². The highest BCUT2D eigenvalue weighted by molar-refractivity contribution is 7.82. The topological polar surface area (TPSA) is 54.4 Å². The van der Waals surface area contributed by atoms with Crippen LogP contribution in [0.1, 0.15) is 6.92 Å². The number of carboxylic acid groups (broad SMARTS) is 1. The normalized spacial score (nSPS) is 12.8. The van der Waals surface area contributed by atoms with Crippen molar-refractivity contribution in [2.75, 3.05) is 0 Å². The Kier molecular flexibility index (Phi) is 2.54. The van der Waals surface area contributed by atoms with Gasteiger partial charge >= 0.3 is 5.97 Å². The van der Waals surface area contributed by atoms with Crippen LogP contribution in [-0.4, -0.2) is 22.1 Å². The Morgan fingerprint density at radius 2 is 2.00 bits per heavy atom. The van der Waals surface area contributed by atoms with E-state index in [0.717, 1.165) is 0 Å². The Bertz CT molecular complexity index is 118. The summed E-state index contributed by atoms with van der Waals surface area (Å²) in [4.78, 5) is 19.9. The number of carbonyl (C=O) groups excluding carboxylic acids is 1. The molecule has 1 unspecified atom stereocenters. The second-order valence-electron chi connectivity index (χ2n) is 1.35. The molecule has 0 saturated heterocycles. The Hall–Kier alpha value is -0.510. The van der Waals surface area contributed by atoms with Crippen molar-refractivity contribution in [3.8, 4) is 0 Å². The number of hydrogen-bond donors (Lipinski definition) is 2. The number of aliphatic carboxylic acids is 1. The second-order valence-corrected chi connectivity index (χ2v) is 2.12. The number of carbonyl (C=O) groups is 2. The van der Waals surface area contributed by atoms with E-state index in [1.807, 2.05) is 0 Å². The molecule has 0 aliphatic carbocycles. The fourth-order valence-corrected chi connectivity index (χ4v) is 0.289. The Morgan fingerprint density at radius 1 is 1.62 bits per heavy atom. The zero-order valence-corrected chi connectivity index (χ0v) is 5.18. The third kappa shape index (κ3) is 1.97. The fourth-order valence-electron chi connectivity index (χ4n) is 0.179. The summed E-state index contributed by atoms with van der Waals surface area (Å²) in [7, 11) is 0. The van der Waals surface area contributed by atoms with Crippen LogP contribution >= 0.6 is 12.6 Å². The molecule has 0 aliphatic rings. The van der Waals surface area contributed by atoms with Crippen LogP contribution in [0.4, 0.5) is 0 Å². The van der Waals surface area contributed by atoms with Gasteiger partial charge in [0.05, 0.1) is 5.25 Å². The highest BCUT2D eigenvalue weighted by Crippen LogP contribution is 1.92. The number of rotatable bonds is 2. The van der Waals surface area contributed by atoms with Gasteiger partial charge in [0.1, 0.15) is 0 Å². The molecule has 4 heteroatoms. The molecular weight excluding hydrogens is 128 g/mol. The third-order valence-electron chi connectivity index (χ3n) is 0.590. The van der Waals surface area contributed by atoms with Crippen LogP contribution in [0.25, 0.3) is 0 Å². The average Bonchev–Trinajstić information content (AvgIpc) is 1.64. The van der Waals surface area contributed by atoms with Crippen LogP contribution in [0, 0.1) is 0 Å².